The molecule has 0 aromatic rings. The third-order valence-corrected chi connectivity index (χ3v) is 10.0. The topological polar surface area (TPSA) is 91.8 Å². The average Bonchev–Trinajstić information content (AvgIpc) is 3.49. The minimum absolute atomic E-state index is 0.0546. The number of aliphatic hydroxyl groups excluding tert-OH is 1. The highest BCUT2D eigenvalue weighted by Crippen LogP contribution is 2.90. The third-order valence-electron chi connectivity index (χ3n) is 10.0. The molecule has 7 rings (SSSR count). The molecule has 4 aliphatic carbocycles. The summed E-state index contributed by atoms with van der Waals surface area (Å²) in [6.45, 7) is 6.59. The van der Waals surface area contributed by atoms with E-state index in [9.17, 15) is 15.0 Å². The smallest absolute Gasteiger partial charge is 0.334 e. The van der Waals surface area contributed by atoms with Gasteiger partial charge in [0.05, 0.1) is 17.8 Å². The molecule has 0 aromatic heterocycles. The van der Waals surface area contributed by atoms with Gasteiger partial charge >= 0.3 is 5.97 Å². The fourth-order valence-corrected chi connectivity index (χ4v) is 8.54. The second-order valence-corrected chi connectivity index (χ2v) is 10.6. The van der Waals surface area contributed by atoms with Crippen LogP contribution in [0.2, 0.25) is 0 Å². The van der Waals surface area contributed by atoms with Crippen molar-refractivity contribution in [2.24, 2.45) is 22.7 Å². The Hall–Kier alpha value is -0.950. The van der Waals surface area contributed by atoms with Gasteiger partial charge in [-0.25, -0.2) is 4.79 Å². The van der Waals surface area contributed by atoms with Gasteiger partial charge in [0.25, 0.3) is 0 Å². The van der Waals surface area contributed by atoms with Gasteiger partial charge in [-0.05, 0) is 31.1 Å². The number of carbonyl (C=O) groups excluding carboxylic acids is 1. The maximum atomic E-state index is 12.1. The van der Waals surface area contributed by atoms with E-state index in [4.69, 9.17) is 14.2 Å². The average molecular weight is 374 g/mol. The molecule has 3 heterocycles. The number of esters is 1. The van der Waals surface area contributed by atoms with Crippen LogP contribution in [-0.2, 0) is 19.0 Å². The van der Waals surface area contributed by atoms with Crippen molar-refractivity contribution in [3.05, 3.63) is 11.1 Å². The molecule has 2 N–H and O–H groups in total. The van der Waals surface area contributed by atoms with E-state index in [1.165, 1.54) is 0 Å². The van der Waals surface area contributed by atoms with Crippen molar-refractivity contribution in [3.8, 4) is 0 Å². The SMILES string of the molecule is CC(C)[C@]12O[C@H]1[C@@H]1C[C@@]13[C@@]1(C)CCC4=C(COC4=O)[C@]1(O)CC1O[C@@]13[C@@H]2O. The molecule has 3 aliphatic heterocycles. The molecule has 146 valence electrons. The molecule has 7 aliphatic rings. The summed E-state index contributed by atoms with van der Waals surface area (Å²) in [4.78, 5) is 12.1. The molecule has 9 atom stereocenters. The van der Waals surface area contributed by atoms with Crippen molar-refractivity contribution in [1.82, 2.24) is 0 Å². The molecule has 2 saturated heterocycles. The summed E-state index contributed by atoms with van der Waals surface area (Å²) in [5, 5.41) is 23.6. The Bertz CT molecular complexity index is 865. The van der Waals surface area contributed by atoms with Crippen LogP contribution in [0.15, 0.2) is 11.1 Å². The van der Waals surface area contributed by atoms with Crippen molar-refractivity contribution >= 4 is 5.97 Å². The molecule has 3 saturated carbocycles. The minimum Gasteiger partial charge on any atom is -0.458 e. The molecule has 0 bridgehead atoms. The maximum Gasteiger partial charge on any atom is 0.334 e. The van der Waals surface area contributed by atoms with Gasteiger partial charge in [0.1, 0.15) is 23.9 Å². The van der Waals surface area contributed by atoms with Crippen LogP contribution in [0.1, 0.15) is 46.5 Å². The molecule has 0 radical (unpaired) electrons. The third kappa shape index (κ3) is 1.21. The van der Waals surface area contributed by atoms with Gasteiger partial charge in [0, 0.05) is 28.4 Å². The number of epoxide rings is 2. The van der Waals surface area contributed by atoms with Crippen molar-refractivity contribution < 1.29 is 29.2 Å². The quantitative estimate of drug-likeness (QED) is 0.527. The predicted octanol–water partition coefficient (Wildman–Crippen LogP) is 1.09. The lowest BCUT2D eigenvalue weighted by atomic mass is 9.44. The van der Waals surface area contributed by atoms with E-state index in [2.05, 4.69) is 20.8 Å². The summed E-state index contributed by atoms with van der Waals surface area (Å²) >= 11 is 0. The van der Waals surface area contributed by atoms with Gasteiger partial charge in [0.15, 0.2) is 0 Å². The summed E-state index contributed by atoms with van der Waals surface area (Å²) < 4.78 is 17.9. The lowest BCUT2D eigenvalue weighted by Gasteiger charge is -2.60. The fourth-order valence-electron chi connectivity index (χ4n) is 8.54. The van der Waals surface area contributed by atoms with Gasteiger partial charge in [-0.2, -0.15) is 0 Å². The largest absolute Gasteiger partial charge is 0.458 e. The van der Waals surface area contributed by atoms with Crippen LogP contribution in [0.5, 0.6) is 0 Å². The second-order valence-electron chi connectivity index (χ2n) is 10.6. The lowest BCUT2D eigenvalue weighted by molar-refractivity contribution is -0.173. The van der Waals surface area contributed by atoms with Crippen molar-refractivity contribution in [2.75, 3.05) is 6.61 Å². The standard InChI is InChI=1S/C21H26O6/c1-9(2)20-14(27-20)11-6-18(11)17(3)5-4-10-12(8-25-15(10)22)19(17,24)7-13-21(18,26-13)16(20)23/h9,11,13-14,16,23-24H,4-8H2,1-3H3/t11-,13?,14-,16+,17+,18-,19+,20-,21+/m0/s1. The first-order valence-electron chi connectivity index (χ1n) is 10.4. The summed E-state index contributed by atoms with van der Waals surface area (Å²) in [5.41, 5.74) is -1.46. The monoisotopic (exact) mass is 374 g/mol. The van der Waals surface area contributed by atoms with Crippen LogP contribution in [0.4, 0.5) is 0 Å². The molecule has 6 nitrogen and oxygen atoms in total. The Morgan fingerprint density at radius 1 is 1.22 bits per heavy atom. The molecule has 27 heavy (non-hydrogen) atoms. The van der Waals surface area contributed by atoms with Gasteiger partial charge in [-0.15, -0.1) is 0 Å². The highest BCUT2D eigenvalue weighted by atomic mass is 16.7. The summed E-state index contributed by atoms with van der Waals surface area (Å²) in [6.07, 6.45) is 1.94. The van der Waals surface area contributed by atoms with Gasteiger partial charge < -0.3 is 24.4 Å². The molecule has 2 spiro atoms. The molecular weight excluding hydrogens is 348 g/mol. The molecule has 6 heteroatoms. The van der Waals surface area contributed by atoms with Crippen LogP contribution < -0.4 is 0 Å². The van der Waals surface area contributed by atoms with Gasteiger partial charge in [-0.1, -0.05) is 20.8 Å². The zero-order valence-electron chi connectivity index (χ0n) is 15.9. The number of carbonyl (C=O) groups is 1. The maximum absolute atomic E-state index is 12.1. The number of ether oxygens (including phenoxy) is 3. The predicted molar refractivity (Wildman–Crippen MR) is 91.5 cm³/mol. The van der Waals surface area contributed by atoms with E-state index >= 15 is 0 Å². The van der Waals surface area contributed by atoms with E-state index in [1.54, 1.807) is 0 Å². The Morgan fingerprint density at radius 3 is 2.74 bits per heavy atom. The number of rotatable bonds is 1. The zero-order valence-corrected chi connectivity index (χ0v) is 15.9. The van der Waals surface area contributed by atoms with E-state index in [-0.39, 0.29) is 36.1 Å². The number of fused-ring (bicyclic) bond motifs is 4. The molecule has 0 amide bonds. The van der Waals surface area contributed by atoms with Gasteiger partial charge in [-0.3, -0.25) is 0 Å². The van der Waals surface area contributed by atoms with E-state index < -0.39 is 28.3 Å². The number of hydrogen-bond acceptors (Lipinski definition) is 6. The Morgan fingerprint density at radius 2 is 2.00 bits per heavy atom. The molecular formula is C21H26O6. The fraction of sp³-hybridized carbons (Fsp3) is 0.857. The van der Waals surface area contributed by atoms with Crippen LogP contribution in [0.25, 0.3) is 0 Å². The first-order chi connectivity index (χ1) is 12.7. The summed E-state index contributed by atoms with van der Waals surface area (Å²) in [6, 6.07) is 0. The molecule has 0 aromatic carbocycles. The van der Waals surface area contributed by atoms with Crippen molar-refractivity contribution in [2.45, 2.75) is 81.6 Å². The van der Waals surface area contributed by atoms with E-state index in [0.717, 1.165) is 18.4 Å². The van der Waals surface area contributed by atoms with Crippen LogP contribution in [0.3, 0.4) is 0 Å². The zero-order chi connectivity index (χ0) is 18.8. The molecule has 5 fully saturated rings. The first kappa shape index (κ1) is 15.9. The van der Waals surface area contributed by atoms with Crippen LogP contribution >= 0.6 is 0 Å². The highest BCUT2D eigenvalue weighted by Gasteiger charge is 2.99. The Kier molecular flexibility index (Phi) is 2.29. The van der Waals surface area contributed by atoms with Crippen molar-refractivity contribution in [3.63, 3.8) is 0 Å². The normalized spacial score (nSPS) is 64.0. The Balaban J connectivity index is 1.42. The van der Waals surface area contributed by atoms with Crippen LogP contribution in [0, 0.1) is 22.7 Å². The lowest BCUT2D eigenvalue weighted by Crippen LogP contribution is -2.70. The van der Waals surface area contributed by atoms with Crippen molar-refractivity contribution in [1.29, 1.82) is 0 Å². The van der Waals surface area contributed by atoms with Crippen LogP contribution in [-0.4, -0.2) is 57.9 Å². The minimum atomic E-state index is -1.10. The second kappa shape index (κ2) is 3.89. The highest BCUT2D eigenvalue weighted by molar-refractivity contribution is 5.92. The number of cyclic esters (lactones) is 1. The van der Waals surface area contributed by atoms with Gasteiger partial charge in [0.2, 0.25) is 0 Å². The van der Waals surface area contributed by atoms with E-state index in [1.807, 2.05) is 0 Å². The molecule has 1 unspecified atom stereocenters. The Labute approximate surface area is 157 Å². The number of hydrogen-bond donors (Lipinski definition) is 2. The first-order valence-corrected chi connectivity index (χ1v) is 10.4. The van der Waals surface area contributed by atoms with E-state index in [0.29, 0.717) is 24.3 Å². The summed E-state index contributed by atoms with van der Waals surface area (Å²) in [7, 11) is 0. The summed E-state index contributed by atoms with van der Waals surface area (Å²) in [5.74, 6) is 0.266. The number of aliphatic hydroxyl groups is 2.